The monoisotopic (exact) mass is 308 g/mol. The maximum Gasteiger partial charge on any atom is 0.251 e. The van der Waals surface area contributed by atoms with E-state index in [0.717, 1.165) is 0 Å². The number of hydrogen-bond donors (Lipinski definition) is 1. The van der Waals surface area contributed by atoms with Gasteiger partial charge in [0, 0.05) is 25.1 Å². The van der Waals surface area contributed by atoms with Crippen molar-refractivity contribution in [2.45, 2.75) is 17.9 Å². The second-order valence-corrected chi connectivity index (χ2v) is 6.16. The Kier molecular flexibility index (Phi) is 4.10. The molecule has 21 heavy (non-hydrogen) atoms. The van der Waals surface area contributed by atoms with Crippen molar-refractivity contribution in [1.29, 1.82) is 0 Å². The second-order valence-electron chi connectivity index (χ2n) is 4.60. The zero-order valence-electron chi connectivity index (χ0n) is 11.7. The summed E-state index contributed by atoms with van der Waals surface area (Å²) in [6.45, 7) is 1.74. The highest BCUT2D eigenvalue weighted by Crippen LogP contribution is 2.19. The van der Waals surface area contributed by atoms with Gasteiger partial charge in [0.1, 0.15) is 6.04 Å². The van der Waals surface area contributed by atoms with Gasteiger partial charge in [0.25, 0.3) is 5.91 Å². The van der Waals surface area contributed by atoms with Crippen molar-refractivity contribution in [3.8, 4) is 0 Å². The molecule has 1 atom stereocenters. The summed E-state index contributed by atoms with van der Waals surface area (Å²) < 4.78 is 23.9. The predicted molar refractivity (Wildman–Crippen MR) is 78.2 cm³/mol. The number of likely N-dealkylation sites (N-methyl/N-ethyl adjacent to an activating group) is 1. The fraction of sp³-hybridized carbons (Fsp3) is 0.231. The molecule has 0 spiro atoms. The highest BCUT2D eigenvalue weighted by Gasteiger charge is 2.20. The summed E-state index contributed by atoms with van der Waals surface area (Å²) in [4.78, 5) is 13.8. The van der Waals surface area contributed by atoms with Gasteiger partial charge < -0.3 is 4.90 Å². The van der Waals surface area contributed by atoms with Crippen LogP contribution < -0.4 is 10.0 Å². The SMILES string of the molecule is CC(C(=O)N(C)c1ccc(S(N)(=O)=O)cc1)n1cccn1. The lowest BCUT2D eigenvalue weighted by Crippen LogP contribution is -2.33. The first-order valence-electron chi connectivity index (χ1n) is 6.20. The molecule has 2 aromatic rings. The predicted octanol–water partition coefficient (Wildman–Crippen LogP) is 0.754. The van der Waals surface area contributed by atoms with E-state index >= 15 is 0 Å². The summed E-state index contributed by atoms with van der Waals surface area (Å²) in [5.41, 5.74) is 0.575. The van der Waals surface area contributed by atoms with Crippen molar-refractivity contribution >= 4 is 21.6 Å². The van der Waals surface area contributed by atoms with Gasteiger partial charge >= 0.3 is 0 Å². The molecule has 0 saturated carbocycles. The number of carbonyl (C=O) groups is 1. The van der Waals surface area contributed by atoms with E-state index in [2.05, 4.69) is 5.10 Å². The molecule has 1 aromatic carbocycles. The van der Waals surface area contributed by atoms with Crippen LogP contribution in [0.15, 0.2) is 47.6 Å². The summed E-state index contributed by atoms with van der Waals surface area (Å²) in [5.74, 6) is -0.165. The van der Waals surface area contributed by atoms with E-state index in [1.165, 1.54) is 29.2 Å². The van der Waals surface area contributed by atoms with E-state index < -0.39 is 16.1 Å². The fourth-order valence-electron chi connectivity index (χ4n) is 1.89. The minimum atomic E-state index is -3.73. The fourth-order valence-corrected chi connectivity index (χ4v) is 2.41. The van der Waals surface area contributed by atoms with Crippen molar-refractivity contribution in [2.24, 2.45) is 5.14 Å². The smallest absolute Gasteiger partial charge is 0.251 e. The number of carbonyl (C=O) groups excluding carboxylic acids is 1. The normalized spacial score (nSPS) is 12.9. The number of anilines is 1. The van der Waals surface area contributed by atoms with E-state index in [0.29, 0.717) is 5.69 Å². The van der Waals surface area contributed by atoms with E-state index in [9.17, 15) is 13.2 Å². The first kappa shape index (κ1) is 15.2. The Hall–Kier alpha value is -2.19. The number of primary sulfonamides is 1. The molecular weight excluding hydrogens is 292 g/mol. The Bertz CT molecular complexity index is 723. The summed E-state index contributed by atoms with van der Waals surface area (Å²) in [6.07, 6.45) is 3.31. The maximum absolute atomic E-state index is 12.3. The number of nitrogens with two attached hydrogens (primary N) is 1. The van der Waals surface area contributed by atoms with Crippen LogP contribution in [0.25, 0.3) is 0 Å². The highest BCUT2D eigenvalue weighted by molar-refractivity contribution is 7.89. The number of rotatable bonds is 4. The Morgan fingerprint density at radius 1 is 1.33 bits per heavy atom. The molecule has 1 heterocycles. The largest absolute Gasteiger partial charge is 0.314 e. The van der Waals surface area contributed by atoms with Crippen LogP contribution in [0, 0.1) is 0 Å². The third-order valence-electron chi connectivity index (χ3n) is 3.16. The summed E-state index contributed by atoms with van der Waals surface area (Å²) in [5, 5.41) is 9.07. The number of aromatic nitrogens is 2. The Morgan fingerprint density at radius 3 is 2.43 bits per heavy atom. The lowest BCUT2D eigenvalue weighted by molar-refractivity contribution is -0.121. The lowest BCUT2D eigenvalue weighted by atomic mass is 10.2. The first-order chi connectivity index (χ1) is 9.80. The molecule has 112 valence electrons. The van der Waals surface area contributed by atoms with E-state index in [-0.39, 0.29) is 10.8 Å². The number of benzene rings is 1. The molecule has 1 unspecified atom stereocenters. The molecule has 7 nitrogen and oxygen atoms in total. The molecule has 8 heteroatoms. The average molecular weight is 308 g/mol. The Balaban J connectivity index is 2.20. The lowest BCUT2D eigenvalue weighted by Gasteiger charge is -2.21. The molecule has 0 aliphatic rings. The molecule has 0 saturated heterocycles. The van der Waals surface area contributed by atoms with Crippen molar-refractivity contribution in [1.82, 2.24) is 9.78 Å². The Labute approximate surface area is 123 Å². The molecule has 2 rings (SSSR count). The summed E-state index contributed by atoms with van der Waals surface area (Å²) in [7, 11) is -2.12. The first-order valence-corrected chi connectivity index (χ1v) is 7.75. The van der Waals surface area contributed by atoms with Gasteiger partial charge in [0.05, 0.1) is 4.90 Å². The van der Waals surface area contributed by atoms with Crippen LogP contribution in [0.4, 0.5) is 5.69 Å². The molecule has 1 amide bonds. The molecule has 2 N–H and O–H groups in total. The van der Waals surface area contributed by atoms with Gasteiger partial charge in [-0.2, -0.15) is 5.10 Å². The van der Waals surface area contributed by atoms with Crippen LogP contribution in [0.1, 0.15) is 13.0 Å². The van der Waals surface area contributed by atoms with E-state index in [1.54, 1.807) is 37.1 Å². The van der Waals surface area contributed by atoms with Crippen LogP contribution in [-0.4, -0.2) is 31.2 Å². The minimum Gasteiger partial charge on any atom is -0.314 e. The molecule has 0 aliphatic heterocycles. The van der Waals surface area contributed by atoms with Crippen LogP contribution in [0.2, 0.25) is 0 Å². The van der Waals surface area contributed by atoms with Gasteiger partial charge in [0.2, 0.25) is 10.0 Å². The van der Waals surface area contributed by atoms with Crippen molar-refractivity contribution < 1.29 is 13.2 Å². The summed E-state index contributed by atoms with van der Waals surface area (Å²) >= 11 is 0. The zero-order chi connectivity index (χ0) is 15.6. The van der Waals surface area contributed by atoms with Crippen LogP contribution in [-0.2, 0) is 14.8 Å². The molecular formula is C13H16N4O3S. The standard InChI is InChI=1S/C13H16N4O3S/c1-10(17-9-3-8-15-17)13(18)16(2)11-4-6-12(7-5-11)21(14,19)20/h3-10H,1-2H3,(H2,14,19,20). The van der Waals surface area contributed by atoms with Crippen LogP contribution in [0.5, 0.6) is 0 Å². The summed E-state index contributed by atoms with van der Waals surface area (Å²) in [6, 6.07) is 7.09. The average Bonchev–Trinajstić information content (AvgIpc) is 2.98. The zero-order valence-corrected chi connectivity index (χ0v) is 12.5. The van der Waals surface area contributed by atoms with E-state index in [1.807, 2.05) is 0 Å². The third kappa shape index (κ3) is 3.29. The molecule has 0 fully saturated rings. The topological polar surface area (TPSA) is 98.3 Å². The second kappa shape index (κ2) is 5.66. The third-order valence-corrected chi connectivity index (χ3v) is 4.09. The van der Waals surface area contributed by atoms with E-state index in [4.69, 9.17) is 5.14 Å². The van der Waals surface area contributed by atoms with Gasteiger partial charge in [-0.3, -0.25) is 9.48 Å². The van der Waals surface area contributed by atoms with Crippen molar-refractivity contribution in [3.05, 3.63) is 42.7 Å². The molecule has 0 bridgehead atoms. The minimum absolute atomic E-state index is 0.00669. The van der Waals surface area contributed by atoms with Crippen molar-refractivity contribution in [2.75, 3.05) is 11.9 Å². The van der Waals surface area contributed by atoms with Gasteiger partial charge in [-0.15, -0.1) is 0 Å². The van der Waals surface area contributed by atoms with Gasteiger partial charge in [-0.1, -0.05) is 0 Å². The Morgan fingerprint density at radius 2 is 1.95 bits per heavy atom. The molecule has 0 radical (unpaired) electrons. The molecule has 0 aliphatic carbocycles. The van der Waals surface area contributed by atoms with Crippen LogP contribution >= 0.6 is 0 Å². The highest BCUT2D eigenvalue weighted by atomic mass is 32.2. The van der Waals surface area contributed by atoms with Gasteiger partial charge in [-0.25, -0.2) is 13.6 Å². The van der Waals surface area contributed by atoms with Gasteiger partial charge in [0.15, 0.2) is 0 Å². The van der Waals surface area contributed by atoms with Crippen LogP contribution in [0.3, 0.4) is 0 Å². The maximum atomic E-state index is 12.3. The number of amides is 1. The molecule has 1 aromatic heterocycles. The number of nitrogens with zero attached hydrogens (tertiary/aromatic N) is 3. The number of sulfonamides is 1. The van der Waals surface area contributed by atoms with Crippen molar-refractivity contribution in [3.63, 3.8) is 0 Å². The van der Waals surface area contributed by atoms with Gasteiger partial charge in [-0.05, 0) is 37.3 Å². The quantitative estimate of drug-likeness (QED) is 0.901. The number of hydrogen-bond acceptors (Lipinski definition) is 4.